The van der Waals surface area contributed by atoms with Gasteiger partial charge in [0, 0.05) is 0 Å². The van der Waals surface area contributed by atoms with E-state index in [2.05, 4.69) is 39.0 Å². The fraction of sp³-hybridized carbons (Fsp3) is 0.400. The number of benzene rings is 2. The molecule has 0 saturated heterocycles. The number of carbonyl (C=O) groups is 1. The second-order valence-corrected chi connectivity index (χ2v) is 15.1. The second kappa shape index (κ2) is 13.0. The van der Waals surface area contributed by atoms with Gasteiger partial charge in [0.2, 0.25) is 0 Å². The Morgan fingerprint density at radius 2 is 1.98 bits per heavy atom. The third-order valence-electron chi connectivity index (χ3n) is 7.13. The molecular weight excluding hydrogens is 653 g/mol. The first-order chi connectivity index (χ1) is 19.1. The molecule has 40 heavy (non-hydrogen) atoms. The van der Waals surface area contributed by atoms with Crippen molar-refractivity contribution in [2.24, 2.45) is 5.92 Å². The summed E-state index contributed by atoms with van der Waals surface area (Å²) >= 11 is 3.33. The van der Waals surface area contributed by atoms with E-state index >= 15 is 0 Å². The summed E-state index contributed by atoms with van der Waals surface area (Å²) in [5, 5.41) is 14.2. The molecule has 0 fully saturated rings. The Hall–Kier alpha value is -2.53. The molecule has 2 aromatic carbocycles. The molecule has 2 aromatic rings. The van der Waals surface area contributed by atoms with Crippen molar-refractivity contribution in [3.05, 3.63) is 74.5 Å². The van der Waals surface area contributed by atoms with E-state index in [4.69, 9.17) is 4.74 Å². The Morgan fingerprint density at radius 1 is 1.23 bits per heavy atom. The number of sulfonamides is 1. The van der Waals surface area contributed by atoms with Gasteiger partial charge in [-0.1, -0.05) is 0 Å². The number of dihydropyridines is 1. The Bertz CT molecular complexity index is 1530. The van der Waals surface area contributed by atoms with E-state index in [1.165, 1.54) is 0 Å². The molecule has 2 unspecified atom stereocenters. The first-order valence-corrected chi connectivity index (χ1v) is 18.3. The number of ether oxygens (including phenoxy) is 1. The summed E-state index contributed by atoms with van der Waals surface area (Å²) in [7, 11) is -3.40. The SMILES string of the molecule is CCCC1CC(=O)C2=C(C1)NC(C)=C(C#N)C2c1cc(Br)c([As]Cc2ccccc2NS(C)(=O)=O)c(OCC)c1. The van der Waals surface area contributed by atoms with Crippen molar-refractivity contribution in [3.8, 4) is 11.8 Å². The van der Waals surface area contributed by atoms with Crippen LogP contribution in [0.2, 0.25) is 0 Å². The number of hydrogen-bond acceptors (Lipinski definition) is 6. The van der Waals surface area contributed by atoms with Crippen molar-refractivity contribution >= 4 is 57.5 Å². The van der Waals surface area contributed by atoms with Crippen LogP contribution in [0, 0.1) is 17.2 Å². The van der Waals surface area contributed by atoms with Gasteiger partial charge in [-0.3, -0.25) is 0 Å². The molecule has 0 amide bonds. The number of halogens is 1. The molecule has 0 aromatic heterocycles. The molecule has 0 bridgehead atoms. The normalized spacial score (nSPS) is 19.4. The van der Waals surface area contributed by atoms with Gasteiger partial charge >= 0.3 is 253 Å². The van der Waals surface area contributed by atoms with E-state index in [1.54, 1.807) is 6.07 Å². The molecule has 10 heteroatoms. The third kappa shape index (κ3) is 6.84. The van der Waals surface area contributed by atoms with Gasteiger partial charge in [0.05, 0.1) is 0 Å². The average Bonchev–Trinajstić information content (AvgIpc) is 2.87. The van der Waals surface area contributed by atoms with Crippen LogP contribution in [-0.4, -0.2) is 42.8 Å². The van der Waals surface area contributed by atoms with Crippen molar-refractivity contribution in [2.75, 3.05) is 17.6 Å². The van der Waals surface area contributed by atoms with Crippen LogP contribution in [0.3, 0.4) is 0 Å². The van der Waals surface area contributed by atoms with E-state index in [0.717, 1.165) is 62.6 Å². The van der Waals surface area contributed by atoms with Crippen molar-refractivity contribution in [3.63, 3.8) is 0 Å². The van der Waals surface area contributed by atoms with Crippen LogP contribution in [0.4, 0.5) is 5.69 Å². The Morgan fingerprint density at radius 3 is 2.65 bits per heavy atom. The number of nitrogens with zero attached hydrogens (tertiary/aromatic N) is 1. The average molecular weight is 688 g/mol. The van der Waals surface area contributed by atoms with Crippen molar-refractivity contribution in [1.29, 1.82) is 5.26 Å². The molecule has 2 aliphatic rings. The number of anilines is 1. The number of carbonyl (C=O) groups excluding carboxylic acids is 1. The molecule has 2 atom stereocenters. The quantitative estimate of drug-likeness (QED) is 0.330. The van der Waals surface area contributed by atoms with Gasteiger partial charge in [-0.25, -0.2) is 0 Å². The monoisotopic (exact) mass is 686 g/mol. The number of nitrogens with one attached hydrogen (secondary N) is 2. The van der Waals surface area contributed by atoms with E-state index < -0.39 is 31.7 Å². The van der Waals surface area contributed by atoms with Crippen molar-refractivity contribution in [1.82, 2.24) is 5.32 Å². The molecule has 1 radical (unpaired) electrons. The van der Waals surface area contributed by atoms with Crippen LogP contribution in [0.25, 0.3) is 0 Å². The molecule has 7 nitrogen and oxygen atoms in total. The minimum absolute atomic E-state index is 0.108. The number of para-hydroxylation sites is 1. The molecule has 1 heterocycles. The topological polar surface area (TPSA) is 108 Å². The Balaban J connectivity index is 1.73. The molecule has 2 N–H and O–H groups in total. The number of allylic oxidation sites excluding steroid dienone is 4. The van der Waals surface area contributed by atoms with E-state index in [1.807, 2.05) is 44.2 Å². The standard InChI is InChI=1S/C30H34AsBrN3O4S/c1-5-9-19-12-25-29(26(36)13-19)28(22(17-33)18(3)34-25)21-14-23(32)30(27(15-21)39-6-2)31-16-20-10-7-8-11-24(20)35-40(4,37)38/h7-8,10-11,14-15,19,28,34-35H,5-6,9,12-13,16H2,1-4H3. The van der Waals surface area contributed by atoms with Crippen LogP contribution in [-0.2, 0) is 20.0 Å². The van der Waals surface area contributed by atoms with Crippen LogP contribution < -0.4 is 19.1 Å². The van der Waals surface area contributed by atoms with Gasteiger partial charge in [0.1, 0.15) is 0 Å². The number of hydrogen-bond donors (Lipinski definition) is 2. The second-order valence-electron chi connectivity index (χ2n) is 10.2. The van der Waals surface area contributed by atoms with E-state index in [9.17, 15) is 18.5 Å². The maximum absolute atomic E-state index is 13.5. The van der Waals surface area contributed by atoms with Crippen LogP contribution in [0.15, 0.2) is 63.4 Å². The van der Waals surface area contributed by atoms with Gasteiger partial charge < -0.3 is 0 Å². The molecule has 211 valence electrons. The zero-order valence-corrected chi connectivity index (χ0v) is 27.5. The summed E-state index contributed by atoms with van der Waals surface area (Å²) in [6, 6.07) is 13.8. The van der Waals surface area contributed by atoms with Crippen LogP contribution in [0.5, 0.6) is 5.75 Å². The Labute approximate surface area is 252 Å². The van der Waals surface area contributed by atoms with Crippen LogP contribution in [0.1, 0.15) is 63.5 Å². The number of ketones is 1. The Kier molecular flexibility index (Phi) is 9.87. The summed E-state index contributed by atoms with van der Waals surface area (Å²) in [5.74, 6) is 0.704. The third-order valence-corrected chi connectivity index (χ3v) is 11.7. The molecule has 0 spiro atoms. The van der Waals surface area contributed by atoms with Crippen molar-refractivity contribution in [2.45, 2.75) is 57.6 Å². The minimum atomic E-state index is -3.40. The fourth-order valence-electron chi connectivity index (χ4n) is 5.51. The summed E-state index contributed by atoms with van der Waals surface area (Å²) in [5.41, 5.74) is 5.33. The molecule has 1 aliphatic heterocycles. The van der Waals surface area contributed by atoms with Gasteiger partial charge in [-0.15, -0.1) is 0 Å². The molecular formula is C30H34AsBrN3O4S. The number of nitriles is 1. The zero-order valence-electron chi connectivity index (χ0n) is 23.2. The first-order valence-electron chi connectivity index (χ1n) is 13.4. The van der Waals surface area contributed by atoms with Gasteiger partial charge in [-0.2, -0.15) is 0 Å². The molecule has 4 rings (SSSR count). The maximum atomic E-state index is 13.5. The predicted molar refractivity (Wildman–Crippen MR) is 163 cm³/mol. The summed E-state index contributed by atoms with van der Waals surface area (Å²) in [4.78, 5) is 13.5. The van der Waals surface area contributed by atoms with E-state index in [0.29, 0.717) is 41.0 Å². The first kappa shape index (κ1) is 30.4. The van der Waals surface area contributed by atoms with Gasteiger partial charge in [-0.05, 0) is 0 Å². The van der Waals surface area contributed by atoms with Gasteiger partial charge in [0.25, 0.3) is 0 Å². The zero-order chi connectivity index (χ0) is 29.0. The van der Waals surface area contributed by atoms with Crippen molar-refractivity contribution < 1.29 is 17.9 Å². The number of rotatable bonds is 10. The summed E-state index contributed by atoms with van der Waals surface area (Å²) in [6.07, 6.45) is 4.50. The summed E-state index contributed by atoms with van der Waals surface area (Å²) in [6.45, 7) is 6.44. The van der Waals surface area contributed by atoms with Gasteiger partial charge in [0.15, 0.2) is 0 Å². The number of Topliss-reactive ketones (excluding diaryl/α,β-unsaturated/α-hetero) is 1. The predicted octanol–water partition coefficient (Wildman–Crippen LogP) is 5.27. The molecule has 0 saturated carbocycles. The fourth-order valence-corrected chi connectivity index (χ4v) is 9.54. The summed E-state index contributed by atoms with van der Waals surface area (Å²) < 4.78 is 34.4. The molecule has 1 aliphatic carbocycles. The van der Waals surface area contributed by atoms with E-state index in [-0.39, 0.29) is 5.78 Å². The van der Waals surface area contributed by atoms with Crippen LogP contribution >= 0.6 is 15.9 Å².